The van der Waals surface area contributed by atoms with E-state index in [0.717, 1.165) is 0 Å². The third kappa shape index (κ3) is 4.53. The van der Waals surface area contributed by atoms with Crippen LogP contribution >= 0.6 is 0 Å². The molecule has 0 aliphatic rings. The molecule has 0 atom stereocenters. The molecule has 0 heterocycles. The molecule has 0 amide bonds. The number of aromatic hydroxyl groups is 1. The summed E-state index contributed by atoms with van der Waals surface area (Å²) >= 11 is 0. The lowest BCUT2D eigenvalue weighted by Crippen LogP contribution is -2.17. The molecule has 0 fully saturated rings. The number of carbonyl (C=O) groups excluding carboxylic acids is 2. The molecule has 0 aliphatic heterocycles. The van der Waals surface area contributed by atoms with Gasteiger partial charge in [0.05, 0.1) is 4.92 Å². The molecule has 8 heteroatoms. The number of nitrogens with zero attached hydrogens (tertiary/aromatic N) is 1. The summed E-state index contributed by atoms with van der Waals surface area (Å²) in [6, 6.07) is 10.3. The summed E-state index contributed by atoms with van der Waals surface area (Å²) in [4.78, 5) is 33.1. The predicted octanol–water partition coefficient (Wildman–Crippen LogP) is 2.70. The second-order valence-corrected chi connectivity index (χ2v) is 4.36. The highest BCUT2D eigenvalue weighted by atomic mass is 16.7. The van der Waals surface area contributed by atoms with Gasteiger partial charge in [-0.25, -0.2) is 4.79 Å². The first-order valence-corrected chi connectivity index (χ1v) is 6.37. The first-order valence-electron chi connectivity index (χ1n) is 6.37. The Labute approximate surface area is 130 Å². The van der Waals surface area contributed by atoms with E-state index in [1.807, 2.05) is 0 Å². The minimum absolute atomic E-state index is 0.0139. The van der Waals surface area contributed by atoms with Crippen molar-refractivity contribution >= 4 is 17.6 Å². The zero-order valence-corrected chi connectivity index (χ0v) is 11.7. The summed E-state index contributed by atoms with van der Waals surface area (Å²) in [7, 11) is 0. The van der Waals surface area contributed by atoms with Crippen LogP contribution in [-0.2, 0) is 4.74 Å². The van der Waals surface area contributed by atoms with Gasteiger partial charge in [0.2, 0.25) is 0 Å². The minimum Gasteiger partial charge on any atom is -0.508 e. The first kappa shape index (κ1) is 16.0. The van der Waals surface area contributed by atoms with Gasteiger partial charge >= 0.3 is 6.16 Å². The van der Waals surface area contributed by atoms with E-state index in [2.05, 4.69) is 4.74 Å². The number of hydrogen-bond donors (Lipinski definition) is 1. The summed E-state index contributed by atoms with van der Waals surface area (Å²) in [5.74, 6) is -0.400. The Morgan fingerprint density at radius 1 is 1.04 bits per heavy atom. The molecule has 2 rings (SSSR count). The van der Waals surface area contributed by atoms with Crippen LogP contribution in [0.1, 0.15) is 10.4 Å². The molecule has 118 valence electrons. The van der Waals surface area contributed by atoms with Crippen molar-refractivity contribution in [1.82, 2.24) is 0 Å². The molecule has 2 aromatic rings. The Kier molecular flexibility index (Phi) is 4.88. The molecule has 0 bridgehead atoms. The fraction of sp³-hybridized carbons (Fsp3) is 0.0667. The Hall–Kier alpha value is -3.42. The monoisotopic (exact) mass is 317 g/mol. The van der Waals surface area contributed by atoms with Crippen LogP contribution in [0.5, 0.6) is 11.5 Å². The Morgan fingerprint density at radius 2 is 1.65 bits per heavy atom. The van der Waals surface area contributed by atoms with Crippen molar-refractivity contribution in [3.05, 3.63) is 64.2 Å². The molecule has 0 saturated heterocycles. The van der Waals surface area contributed by atoms with E-state index in [4.69, 9.17) is 9.84 Å². The standard InChI is InChI=1S/C15H11NO7/c17-12-5-1-10(2-6-12)14(18)9-22-15(19)23-13-7-3-11(4-8-13)16(20)21/h1-8,17H,9H2. The molecular formula is C15H11NO7. The Balaban J connectivity index is 1.86. The van der Waals surface area contributed by atoms with E-state index < -0.39 is 23.5 Å². The number of ether oxygens (including phenoxy) is 2. The van der Waals surface area contributed by atoms with Crippen molar-refractivity contribution in [2.24, 2.45) is 0 Å². The normalized spacial score (nSPS) is 9.91. The summed E-state index contributed by atoms with van der Waals surface area (Å²) < 4.78 is 9.44. The zero-order valence-electron chi connectivity index (χ0n) is 11.7. The van der Waals surface area contributed by atoms with Gasteiger partial charge in [-0.1, -0.05) is 0 Å². The lowest BCUT2D eigenvalue weighted by atomic mass is 10.1. The van der Waals surface area contributed by atoms with Gasteiger partial charge in [0, 0.05) is 17.7 Å². The second kappa shape index (κ2) is 7.03. The highest BCUT2D eigenvalue weighted by Crippen LogP contribution is 2.17. The van der Waals surface area contributed by atoms with Gasteiger partial charge in [-0.15, -0.1) is 0 Å². The Morgan fingerprint density at radius 3 is 2.22 bits per heavy atom. The van der Waals surface area contributed by atoms with E-state index >= 15 is 0 Å². The molecule has 8 nitrogen and oxygen atoms in total. The molecule has 23 heavy (non-hydrogen) atoms. The summed E-state index contributed by atoms with van der Waals surface area (Å²) in [5.41, 5.74) is 0.124. The van der Waals surface area contributed by atoms with Gasteiger partial charge in [0.1, 0.15) is 11.5 Å². The molecule has 0 radical (unpaired) electrons. The second-order valence-electron chi connectivity index (χ2n) is 4.36. The average Bonchev–Trinajstić information content (AvgIpc) is 2.54. The fourth-order valence-electron chi connectivity index (χ4n) is 1.62. The lowest BCUT2D eigenvalue weighted by molar-refractivity contribution is -0.384. The number of rotatable bonds is 5. The van der Waals surface area contributed by atoms with Crippen molar-refractivity contribution in [1.29, 1.82) is 0 Å². The number of phenols is 1. The van der Waals surface area contributed by atoms with E-state index in [9.17, 15) is 19.7 Å². The maximum Gasteiger partial charge on any atom is 0.514 e. The molecule has 0 unspecified atom stereocenters. The third-order valence-corrected chi connectivity index (χ3v) is 2.76. The molecular weight excluding hydrogens is 306 g/mol. The third-order valence-electron chi connectivity index (χ3n) is 2.76. The number of carbonyl (C=O) groups is 2. The van der Waals surface area contributed by atoms with Gasteiger partial charge in [-0.3, -0.25) is 14.9 Å². The molecule has 0 aromatic heterocycles. The van der Waals surface area contributed by atoms with Crippen LogP contribution in [0.15, 0.2) is 48.5 Å². The van der Waals surface area contributed by atoms with E-state index in [-0.39, 0.29) is 22.7 Å². The van der Waals surface area contributed by atoms with Crippen LogP contribution in [0.4, 0.5) is 10.5 Å². The smallest absolute Gasteiger partial charge is 0.508 e. The quantitative estimate of drug-likeness (QED) is 0.296. The average molecular weight is 317 g/mol. The van der Waals surface area contributed by atoms with Crippen LogP contribution in [0.2, 0.25) is 0 Å². The Bertz CT molecular complexity index is 722. The topological polar surface area (TPSA) is 116 Å². The number of phenolic OH excluding ortho intramolecular Hbond substituents is 1. The number of hydrogen-bond acceptors (Lipinski definition) is 7. The van der Waals surface area contributed by atoms with Gasteiger partial charge in [0.15, 0.2) is 12.4 Å². The van der Waals surface area contributed by atoms with E-state index in [1.54, 1.807) is 0 Å². The molecule has 0 saturated carbocycles. The maximum absolute atomic E-state index is 11.7. The summed E-state index contributed by atoms with van der Waals surface area (Å²) in [6.45, 7) is -0.531. The van der Waals surface area contributed by atoms with Crippen LogP contribution in [0, 0.1) is 10.1 Å². The molecule has 1 N–H and O–H groups in total. The van der Waals surface area contributed by atoms with Gasteiger partial charge in [0.25, 0.3) is 5.69 Å². The lowest BCUT2D eigenvalue weighted by Gasteiger charge is -2.05. The number of non-ortho nitro benzene ring substituents is 1. The van der Waals surface area contributed by atoms with E-state index in [1.165, 1.54) is 48.5 Å². The van der Waals surface area contributed by atoms with Gasteiger partial charge in [-0.2, -0.15) is 0 Å². The number of nitro benzene ring substituents is 1. The van der Waals surface area contributed by atoms with Crippen LogP contribution in [0.25, 0.3) is 0 Å². The van der Waals surface area contributed by atoms with Crippen LogP contribution in [0.3, 0.4) is 0 Å². The number of ketones is 1. The largest absolute Gasteiger partial charge is 0.514 e. The van der Waals surface area contributed by atoms with E-state index in [0.29, 0.717) is 0 Å². The van der Waals surface area contributed by atoms with Crippen molar-refractivity contribution in [2.45, 2.75) is 0 Å². The predicted molar refractivity (Wildman–Crippen MR) is 77.5 cm³/mol. The summed E-state index contributed by atoms with van der Waals surface area (Å²) in [6.07, 6.45) is -1.11. The fourth-order valence-corrected chi connectivity index (χ4v) is 1.62. The van der Waals surface area contributed by atoms with Gasteiger partial charge in [-0.05, 0) is 36.4 Å². The van der Waals surface area contributed by atoms with Crippen LogP contribution in [-0.4, -0.2) is 28.6 Å². The van der Waals surface area contributed by atoms with Crippen molar-refractivity contribution < 1.29 is 29.1 Å². The minimum atomic E-state index is -1.11. The van der Waals surface area contributed by atoms with Crippen molar-refractivity contribution in [2.75, 3.05) is 6.61 Å². The maximum atomic E-state index is 11.7. The SMILES string of the molecule is O=C(OCC(=O)c1ccc(O)cc1)Oc1ccc([N+](=O)[O-])cc1. The number of benzene rings is 2. The first-order chi connectivity index (χ1) is 11.0. The number of Topliss-reactive ketones (excluding diaryl/α,β-unsaturated/α-hetero) is 1. The van der Waals surface area contributed by atoms with Crippen molar-refractivity contribution in [3.63, 3.8) is 0 Å². The highest BCUT2D eigenvalue weighted by molar-refractivity contribution is 5.97. The molecule has 0 aliphatic carbocycles. The van der Waals surface area contributed by atoms with Crippen LogP contribution < -0.4 is 4.74 Å². The molecule has 0 spiro atoms. The summed E-state index contributed by atoms with van der Waals surface area (Å²) in [5, 5.41) is 19.6. The molecule has 2 aromatic carbocycles. The van der Waals surface area contributed by atoms with Gasteiger partial charge < -0.3 is 14.6 Å². The highest BCUT2D eigenvalue weighted by Gasteiger charge is 2.12. The zero-order chi connectivity index (χ0) is 16.8. The van der Waals surface area contributed by atoms with Crippen molar-refractivity contribution in [3.8, 4) is 11.5 Å². The number of nitro groups is 1.